The second-order valence-electron chi connectivity index (χ2n) is 9.66. The van der Waals surface area contributed by atoms with Gasteiger partial charge in [-0.15, -0.1) is 0 Å². The highest BCUT2D eigenvalue weighted by molar-refractivity contribution is 6.32. The van der Waals surface area contributed by atoms with Crippen LogP contribution in [0.25, 0.3) is 16.8 Å². The fourth-order valence-corrected chi connectivity index (χ4v) is 4.81. The number of halogens is 1. The highest BCUT2D eigenvalue weighted by Crippen LogP contribution is 2.28. The van der Waals surface area contributed by atoms with Crippen LogP contribution >= 0.6 is 11.6 Å². The Morgan fingerprint density at radius 2 is 2.08 bits per heavy atom. The van der Waals surface area contributed by atoms with Gasteiger partial charge in [-0.25, -0.2) is 14.5 Å². The first kappa shape index (κ1) is 26.8. The SMILES string of the molecule is Cc1cccc([C@@H](CO)NC(=O)[C@@H](C)n2cnn3cc(-c4nc(NC5CCOCC5)ncc4Cl)cc3c2=O)c1. The highest BCUT2D eigenvalue weighted by atomic mass is 35.5. The third kappa shape index (κ3) is 5.80. The molecule has 3 aromatic heterocycles. The molecule has 0 saturated carbocycles. The smallest absolute Gasteiger partial charge is 0.278 e. The monoisotopic (exact) mass is 551 g/mol. The number of anilines is 1. The first-order valence-corrected chi connectivity index (χ1v) is 13.2. The maximum absolute atomic E-state index is 13.4. The van der Waals surface area contributed by atoms with Gasteiger partial charge >= 0.3 is 0 Å². The number of aliphatic hydroxyl groups is 1. The minimum Gasteiger partial charge on any atom is -0.394 e. The standard InChI is InChI=1S/C27H30ClN7O4/c1-16-4-3-5-18(10-16)22(14-36)32-25(37)17(2)34-15-30-35-13-19(11-23(35)26(34)38)24-21(28)12-29-27(33-24)31-20-6-8-39-9-7-20/h3-5,10-13,15,17,20,22,36H,6-9,14H2,1-2H3,(H,32,37)(H,29,31,33)/t17-,22-/m1/s1. The zero-order chi connectivity index (χ0) is 27.5. The zero-order valence-corrected chi connectivity index (χ0v) is 22.4. The van der Waals surface area contributed by atoms with Crippen molar-refractivity contribution in [3.8, 4) is 11.3 Å². The molecule has 1 fully saturated rings. The molecule has 0 bridgehead atoms. The van der Waals surface area contributed by atoms with Gasteiger partial charge in [-0.3, -0.25) is 14.2 Å². The summed E-state index contributed by atoms with van der Waals surface area (Å²) in [6.07, 6.45) is 6.23. The molecule has 1 aliphatic heterocycles. The summed E-state index contributed by atoms with van der Waals surface area (Å²) in [5.41, 5.74) is 2.71. The van der Waals surface area contributed by atoms with Crippen LogP contribution in [0, 0.1) is 6.92 Å². The van der Waals surface area contributed by atoms with E-state index >= 15 is 0 Å². The van der Waals surface area contributed by atoms with E-state index in [1.54, 1.807) is 19.2 Å². The predicted molar refractivity (Wildman–Crippen MR) is 147 cm³/mol. The van der Waals surface area contributed by atoms with Crippen molar-refractivity contribution in [3.05, 3.63) is 75.6 Å². The number of fused-ring (bicyclic) bond motifs is 1. The predicted octanol–water partition coefficient (Wildman–Crippen LogP) is 2.92. The van der Waals surface area contributed by atoms with E-state index in [9.17, 15) is 14.7 Å². The molecule has 1 aromatic carbocycles. The van der Waals surface area contributed by atoms with Crippen molar-refractivity contribution in [2.24, 2.45) is 0 Å². The largest absolute Gasteiger partial charge is 0.394 e. The van der Waals surface area contributed by atoms with Crippen molar-refractivity contribution in [1.29, 1.82) is 0 Å². The van der Waals surface area contributed by atoms with Crippen molar-refractivity contribution in [3.63, 3.8) is 0 Å². The van der Waals surface area contributed by atoms with Crippen molar-refractivity contribution in [2.75, 3.05) is 25.1 Å². The van der Waals surface area contributed by atoms with Crippen LogP contribution in [0.1, 0.15) is 43.0 Å². The summed E-state index contributed by atoms with van der Waals surface area (Å²) >= 11 is 6.43. The lowest BCUT2D eigenvalue weighted by atomic mass is 10.0. The molecule has 12 heteroatoms. The van der Waals surface area contributed by atoms with E-state index in [1.807, 2.05) is 31.2 Å². The van der Waals surface area contributed by atoms with Crippen LogP contribution in [-0.2, 0) is 9.53 Å². The third-order valence-electron chi connectivity index (χ3n) is 6.87. The number of benzene rings is 1. The Kier molecular flexibility index (Phi) is 7.92. The van der Waals surface area contributed by atoms with Gasteiger partial charge in [-0.2, -0.15) is 5.10 Å². The number of ether oxygens (including phenoxy) is 1. The van der Waals surface area contributed by atoms with Gasteiger partial charge in [0.25, 0.3) is 5.56 Å². The van der Waals surface area contributed by atoms with Crippen molar-refractivity contribution in [1.82, 2.24) is 29.5 Å². The maximum atomic E-state index is 13.4. The Bertz CT molecular complexity index is 1550. The molecule has 0 aliphatic carbocycles. The Balaban J connectivity index is 1.39. The molecule has 1 saturated heterocycles. The number of carbonyl (C=O) groups excluding carboxylic acids is 1. The molecule has 1 amide bonds. The zero-order valence-electron chi connectivity index (χ0n) is 21.7. The van der Waals surface area contributed by atoms with Gasteiger partial charge in [-0.05, 0) is 38.3 Å². The number of amides is 1. The summed E-state index contributed by atoms with van der Waals surface area (Å²) in [7, 11) is 0. The van der Waals surface area contributed by atoms with Crippen molar-refractivity contribution < 1.29 is 14.6 Å². The summed E-state index contributed by atoms with van der Waals surface area (Å²) in [6, 6.07) is 7.92. The number of hydrogen-bond acceptors (Lipinski definition) is 8. The summed E-state index contributed by atoms with van der Waals surface area (Å²) in [6.45, 7) is 4.64. The van der Waals surface area contributed by atoms with Gasteiger partial charge in [0.15, 0.2) is 0 Å². The number of aliphatic hydroxyl groups excluding tert-OH is 1. The van der Waals surface area contributed by atoms with E-state index in [0.29, 0.717) is 35.4 Å². The molecular formula is C27H30ClN7O4. The van der Waals surface area contributed by atoms with Gasteiger partial charge in [0, 0.05) is 31.0 Å². The molecule has 0 spiro atoms. The van der Waals surface area contributed by atoms with Gasteiger partial charge in [0.05, 0.1) is 29.6 Å². The van der Waals surface area contributed by atoms with E-state index in [0.717, 1.165) is 24.0 Å². The van der Waals surface area contributed by atoms with Gasteiger partial charge < -0.3 is 20.5 Å². The molecule has 11 nitrogen and oxygen atoms in total. The quantitative estimate of drug-likeness (QED) is 0.304. The number of hydrogen-bond donors (Lipinski definition) is 3. The van der Waals surface area contributed by atoms with Crippen LogP contribution < -0.4 is 16.2 Å². The fraction of sp³-hybridized carbons (Fsp3) is 0.370. The van der Waals surface area contributed by atoms with Gasteiger partial charge in [0.2, 0.25) is 11.9 Å². The lowest BCUT2D eigenvalue weighted by Crippen LogP contribution is -2.39. The summed E-state index contributed by atoms with van der Waals surface area (Å²) in [4.78, 5) is 35.3. The lowest BCUT2D eigenvalue weighted by Gasteiger charge is -2.23. The average molecular weight is 552 g/mol. The van der Waals surface area contributed by atoms with Crippen LogP contribution in [-0.4, -0.2) is 61.0 Å². The van der Waals surface area contributed by atoms with Crippen LogP contribution in [0.5, 0.6) is 0 Å². The molecule has 1 aliphatic rings. The first-order chi connectivity index (χ1) is 18.8. The van der Waals surface area contributed by atoms with E-state index < -0.39 is 23.6 Å². The number of aryl methyl sites for hydroxylation is 1. The van der Waals surface area contributed by atoms with Crippen LogP contribution in [0.3, 0.4) is 0 Å². The van der Waals surface area contributed by atoms with E-state index in [2.05, 4.69) is 25.7 Å². The molecule has 39 heavy (non-hydrogen) atoms. The highest BCUT2D eigenvalue weighted by Gasteiger charge is 2.23. The molecule has 0 unspecified atom stereocenters. The summed E-state index contributed by atoms with van der Waals surface area (Å²) < 4.78 is 8.10. The van der Waals surface area contributed by atoms with Crippen molar-refractivity contribution >= 4 is 29.0 Å². The Morgan fingerprint density at radius 3 is 2.82 bits per heavy atom. The minimum atomic E-state index is -0.870. The fourth-order valence-electron chi connectivity index (χ4n) is 4.61. The summed E-state index contributed by atoms with van der Waals surface area (Å²) in [5, 5.41) is 20.7. The Labute approximate surface area is 229 Å². The number of nitrogens with zero attached hydrogens (tertiary/aromatic N) is 5. The van der Waals surface area contributed by atoms with E-state index in [1.165, 1.54) is 21.6 Å². The second-order valence-corrected chi connectivity index (χ2v) is 10.1. The first-order valence-electron chi connectivity index (χ1n) is 12.8. The van der Waals surface area contributed by atoms with Crippen LogP contribution in [0.2, 0.25) is 5.02 Å². The normalized spacial score (nSPS) is 15.7. The number of carbonyl (C=O) groups is 1. The van der Waals surface area contributed by atoms with E-state index in [-0.39, 0.29) is 18.2 Å². The topological polar surface area (TPSA) is 136 Å². The molecule has 0 radical (unpaired) electrons. The van der Waals surface area contributed by atoms with Gasteiger partial charge in [-0.1, -0.05) is 41.4 Å². The molecular weight excluding hydrogens is 522 g/mol. The Hall–Kier alpha value is -3.80. The lowest BCUT2D eigenvalue weighted by molar-refractivity contribution is -0.125. The molecule has 204 valence electrons. The molecule has 2 atom stereocenters. The average Bonchev–Trinajstić information content (AvgIpc) is 3.38. The van der Waals surface area contributed by atoms with Gasteiger partial charge in [0.1, 0.15) is 17.9 Å². The molecule has 4 heterocycles. The number of rotatable bonds is 8. The minimum absolute atomic E-state index is 0.207. The maximum Gasteiger partial charge on any atom is 0.278 e. The van der Waals surface area contributed by atoms with Crippen LogP contribution in [0.15, 0.2) is 53.8 Å². The second kappa shape index (κ2) is 11.5. The Morgan fingerprint density at radius 1 is 1.28 bits per heavy atom. The molecule has 3 N–H and O–H groups in total. The molecule has 5 rings (SSSR count). The number of nitrogens with one attached hydrogen (secondary N) is 2. The third-order valence-corrected chi connectivity index (χ3v) is 7.14. The van der Waals surface area contributed by atoms with E-state index in [4.69, 9.17) is 16.3 Å². The number of aromatic nitrogens is 5. The summed E-state index contributed by atoms with van der Waals surface area (Å²) in [5.74, 6) is 0.0255. The molecule has 4 aromatic rings. The van der Waals surface area contributed by atoms with Crippen molar-refractivity contribution in [2.45, 2.75) is 44.8 Å². The van der Waals surface area contributed by atoms with Crippen LogP contribution in [0.4, 0.5) is 5.95 Å².